The van der Waals surface area contributed by atoms with Crippen molar-refractivity contribution in [3.05, 3.63) is 29.8 Å². The molecule has 1 aliphatic heterocycles. The van der Waals surface area contributed by atoms with Crippen molar-refractivity contribution in [2.24, 2.45) is 5.92 Å². The molecule has 1 N–H and O–H groups in total. The van der Waals surface area contributed by atoms with Gasteiger partial charge >= 0.3 is 0 Å². The Labute approximate surface area is 150 Å². The summed E-state index contributed by atoms with van der Waals surface area (Å²) in [4.78, 5) is 26.3. The fourth-order valence-corrected chi connectivity index (χ4v) is 3.06. The van der Waals surface area contributed by atoms with Gasteiger partial charge in [0.25, 0.3) is 0 Å². The van der Waals surface area contributed by atoms with Crippen LogP contribution >= 0.6 is 0 Å². The number of nitrogens with one attached hydrogen (secondary N) is 1. The summed E-state index contributed by atoms with van der Waals surface area (Å²) in [5.74, 6) is 1.59. The summed E-state index contributed by atoms with van der Waals surface area (Å²) in [6.45, 7) is 5.66. The minimum atomic E-state index is 0.134. The molecule has 0 unspecified atom stereocenters. The number of piperidine rings is 1. The van der Waals surface area contributed by atoms with Crippen molar-refractivity contribution in [2.75, 3.05) is 20.2 Å². The van der Waals surface area contributed by atoms with Gasteiger partial charge in [-0.2, -0.15) is 0 Å². The number of likely N-dealkylation sites (tertiary alicyclic amines) is 1. The van der Waals surface area contributed by atoms with Crippen molar-refractivity contribution in [1.82, 2.24) is 10.2 Å². The predicted octanol–water partition coefficient (Wildman–Crippen LogP) is 2.78. The first-order valence-electron chi connectivity index (χ1n) is 9.18. The first-order chi connectivity index (χ1) is 12.0. The average molecular weight is 346 g/mol. The summed E-state index contributed by atoms with van der Waals surface area (Å²) in [7, 11) is 1.63. The van der Waals surface area contributed by atoms with Gasteiger partial charge in [0.1, 0.15) is 5.75 Å². The highest BCUT2D eigenvalue weighted by Gasteiger charge is 2.23. The molecular formula is C20H30N2O3. The molecule has 5 heteroatoms. The fraction of sp³-hybridized carbons (Fsp3) is 0.600. The van der Waals surface area contributed by atoms with Crippen LogP contribution in [-0.2, 0) is 16.0 Å². The van der Waals surface area contributed by atoms with E-state index in [1.807, 2.05) is 29.2 Å². The molecule has 5 nitrogen and oxygen atoms in total. The lowest BCUT2D eigenvalue weighted by atomic mass is 10.0. The van der Waals surface area contributed by atoms with Crippen molar-refractivity contribution in [2.45, 2.75) is 52.0 Å². The van der Waals surface area contributed by atoms with Crippen LogP contribution in [0.3, 0.4) is 0 Å². The van der Waals surface area contributed by atoms with Crippen LogP contribution in [0.25, 0.3) is 0 Å². The van der Waals surface area contributed by atoms with Crippen molar-refractivity contribution >= 4 is 11.8 Å². The molecule has 0 atom stereocenters. The summed E-state index contributed by atoms with van der Waals surface area (Å²) in [6, 6.07) is 7.82. The second-order valence-corrected chi connectivity index (χ2v) is 7.18. The fourth-order valence-electron chi connectivity index (χ4n) is 3.06. The highest BCUT2D eigenvalue weighted by Crippen LogP contribution is 2.16. The maximum absolute atomic E-state index is 12.5. The molecule has 0 aromatic heterocycles. The lowest BCUT2D eigenvalue weighted by Gasteiger charge is -2.32. The van der Waals surface area contributed by atoms with Crippen LogP contribution in [0.5, 0.6) is 5.75 Å². The molecule has 1 saturated heterocycles. The van der Waals surface area contributed by atoms with Crippen LogP contribution in [0.15, 0.2) is 24.3 Å². The Morgan fingerprint density at radius 1 is 1.28 bits per heavy atom. The van der Waals surface area contributed by atoms with Gasteiger partial charge in [0.15, 0.2) is 0 Å². The molecule has 0 bridgehead atoms. The maximum atomic E-state index is 12.5. The number of nitrogens with zero attached hydrogens (tertiary/aromatic N) is 1. The Bertz CT molecular complexity index is 578. The third kappa shape index (κ3) is 6.40. The molecule has 1 aromatic carbocycles. The van der Waals surface area contributed by atoms with Crippen molar-refractivity contribution in [1.29, 1.82) is 0 Å². The zero-order chi connectivity index (χ0) is 18.2. The molecule has 2 rings (SSSR count). The molecule has 0 radical (unpaired) electrons. The third-order valence-corrected chi connectivity index (χ3v) is 4.65. The van der Waals surface area contributed by atoms with Gasteiger partial charge in [-0.25, -0.2) is 0 Å². The van der Waals surface area contributed by atoms with Crippen LogP contribution in [0.4, 0.5) is 0 Å². The highest BCUT2D eigenvalue weighted by atomic mass is 16.5. The van der Waals surface area contributed by atoms with E-state index in [1.54, 1.807) is 7.11 Å². The molecule has 0 saturated carbocycles. The van der Waals surface area contributed by atoms with Crippen LogP contribution in [0, 0.1) is 5.92 Å². The summed E-state index contributed by atoms with van der Waals surface area (Å²) < 4.78 is 5.20. The largest absolute Gasteiger partial charge is 0.497 e. The van der Waals surface area contributed by atoms with Gasteiger partial charge in [-0.05, 0) is 42.9 Å². The SMILES string of the molecule is COc1cccc(CC(=O)N2CCC(NC(=O)CCC(C)C)CC2)c1. The van der Waals surface area contributed by atoms with Gasteiger partial charge in [0, 0.05) is 25.6 Å². The van der Waals surface area contributed by atoms with E-state index < -0.39 is 0 Å². The quantitative estimate of drug-likeness (QED) is 0.826. The highest BCUT2D eigenvalue weighted by molar-refractivity contribution is 5.79. The Balaban J connectivity index is 1.75. The monoisotopic (exact) mass is 346 g/mol. The Morgan fingerprint density at radius 3 is 2.64 bits per heavy atom. The zero-order valence-electron chi connectivity index (χ0n) is 15.6. The van der Waals surface area contributed by atoms with Gasteiger partial charge in [0.2, 0.25) is 11.8 Å². The predicted molar refractivity (Wildman–Crippen MR) is 98.5 cm³/mol. The minimum Gasteiger partial charge on any atom is -0.497 e. The van der Waals surface area contributed by atoms with Gasteiger partial charge in [-0.1, -0.05) is 26.0 Å². The number of ether oxygens (including phenoxy) is 1. The Kier molecular flexibility index (Phi) is 7.29. The molecule has 2 amide bonds. The van der Waals surface area contributed by atoms with E-state index in [4.69, 9.17) is 4.74 Å². The van der Waals surface area contributed by atoms with E-state index >= 15 is 0 Å². The maximum Gasteiger partial charge on any atom is 0.226 e. The number of amides is 2. The molecule has 0 spiro atoms. The lowest BCUT2D eigenvalue weighted by molar-refractivity contribution is -0.131. The topological polar surface area (TPSA) is 58.6 Å². The average Bonchev–Trinajstić information content (AvgIpc) is 2.60. The molecule has 25 heavy (non-hydrogen) atoms. The van der Waals surface area contributed by atoms with Crippen molar-refractivity contribution in [3.8, 4) is 5.75 Å². The molecule has 0 aliphatic carbocycles. The van der Waals surface area contributed by atoms with Gasteiger partial charge in [-0.15, -0.1) is 0 Å². The molecule has 138 valence electrons. The Hall–Kier alpha value is -2.04. The second kappa shape index (κ2) is 9.44. The molecule has 1 aliphatic rings. The second-order valence-electron chi connectivity index (χ2n) is 7.18. The molecule has 1 heterocycles. The number of methoxy groups -OCH3 is 1. The van der Waals surface area contributed by atoms with Gasteiger partial charge in [-0.3, -0.25) is 9.59 Å². The number of carbonyl (C=O) groups is 2. The normalized spacial score (nSPS) is 15.3. The minimum absolute atomic E-state index is 0.134. The number of carbonyl (C=O) groups excluding carboxylic acids is 2. The zero-order valence-corrected chi connectivity index (χ0v) is 15.6. The summed E-state index contributed by atoms with van der Waals surface area (Å²) in [5.41, 5.74) is 0.966. The Morgan fingerprint density at radius 2 is 2.00 bits per heavy atom. The van der Waals surface area contributed by atoms with E-state index in [-0.39, 0.29) is 17.9 Å². The van der Waals surface area contributed by atoms with Crippen molar-refractivity contribution < 1.29 is 14.3 Å². The third-order valence-electron chi connectivity index (χ3n) is 4.65. The number of hydrogen-bond donors (Lipinski definition) is 1. The van der Waals surface area contributed by atoms with E-state index in [0.717, 1.165) is 30.6 Å². The van der Waals surface area contributed by atoms with E-state index in [0.29, 0.717) is 31.8 Å². The number of rotatable bonds is 7. The molecule has 1 aromatic rings. The first-order valence-corrected chi connectivity index (χ1v) is 9.18. The molecular weight excluding hydrogens is 316 g/mol. The summed E-state index contributed by atoms with van der Waals surface area (Å²) in [5, 5.41) is 3.11. The van der Waals surface area contributed by atoms with E-state index in [2.05, 4.69) is 19.2 Å². The molecule has 1 fully saturated rings. The standard InChI is InChI=1S/C20H30N2O3/c1-15(2)7-8-19(23)21-17-9-11-22(12-10-17)20(24)14-16-5-4-6-18(13-16)25-3/h4-6,13,15,17H,7-12,14H2,1-3H3,(H,21,23). The smallest absolute Gasteiger partial charge is 0.226 e. The summed E-state index contributed by atoms with van der Waals surface area (Å²) in [6.07, 6.45) is 3.56. The lowest BCUT2D eigenvalue weighted by Crippen LogP contribution is -2.47. The number of benzene rings is 1. The van der Waals surface area contributed by atoms with E-state index in [1.165, 1.54) is 0 Å². The van der Waals surface area contributed by atoms with Crippen LogP contribution < -0.4 is 10.1 Å². The van der Waals surface area contributed by atoms with E-state index in [9.17, 15) is 9.59 Å². The van der Waals surface area contributed by atoms with Crippen molar-refractivity contribution in [3.63, 3.8) is 0 Å². The van der Waals surface area contributed by atoms with Gasteiger partial charge in [0.05, 0.1) is 13.5 Å². The summed E-state index contributed by atoms with van der Waals surface area (Å²) >= 11 is 0. The van der Waals surface area contributed by atoms with Gasteiger partial charge < -0.3 is 15.0 Å². The van der Waals surface area contributed by atoms with Crippen LogP contribution in [0.1, 0.15) is 45.1 Å². The number of hydrogen-bond acceptors (Lipinski definition) is 3. The van der Waals surface area contributed by atoms with Crippen LogP contribution in [-0.4, -0.2) is 43.0 Å². The first kappa shape index (κ1) is 19.3. The van der Waals surface area contributed by atoms with Crippen LogP contribution in [0.2, 0.25) is 0 Å².